The van der Waals surface area contributed by atoms with Crippen molar-refractivity contribution in [2.45, 2.75) is 25.7 Å². The van der Waals surface area contributed by atoms with Crippen molar-refractivity contribution in [1.82, 2.24) is 15.6 Å². The van der Waals surface area contributed by atoms with E-state index < -0.39 is 0 Å². The normalized spacial score (nSPS) is 14.1. The highest BCUT2D eigenvalue weighted by atomic mass is 19.1. The summed E-state index contributed by atoms with van der Waals surface area (Å²) in [6, 6.07) is 5.85. The lowest BCUT2D eigenvalue weighted by atomic mass is 9.96. The van der Waals surface area contributed by atoms with Gasteiger partial charge >= 0.3 is 0 Å². The first-order valence-corrected chi connectivity index (χ1v) is 6.89. The number of aryl methyl sites for hydroxylation is 1. The smallest absolute Gasteiger partial charge is 0.281 e. The van der Waals surface area contributed by atoms with Gasteiger partial charge in [0.25, 0.3) is 5.91 Å². The summed E-state index contributed by atoms with van der Waals surface area (Å²) >= 11 is 0. The maximum Gasteiger partial charge on any atom is 0.292 e. The van der Waals surface area contributed by atoms with E-state index in [4.69, 9.17) is 0 Å². The quantitative estimate of drug-likeness (QED) is 0.670. The molecule has 0 atom stereocenters. The van der Waals surface area contributed by atoms with Crippen LogP contribution in [0.5, 0.6) is 0 Å². The fraction of sp³-hybridized carbons (Fsp3) is 0.267. The Labute approximate surface area is 121 Å². The molecule has 3 rings (SSSR count). The minimum atomic E-state index is -0.326. The van der Waals surface area contributed by atoms with Crippen LogP contribution in [0, 0.1) is 5.82 Å². The summed E-state index contributed by atoms with van der Waals surface area (Å²) in [5, 5.41) is 10.9. The highest BCUT2D eigenvalue weighted by Gasteiger charge is 2.21. The third-order valence-electron chi connectivity index (χ3n) is 3.52. The molecular formula is C15H15FN4O. The number of rotatable bonds is 3. The fourth-order valence-electron chi connectivity index (χ4n) is 2.44. The number of H-pyrrole nitrogens is 1. The van der Waals surface area contributed by atoms with Crippen LogP contribution in [0.4, 0.5) is 4.39 Å². The zero-order valence-corrected chi connectivity index (χ0v) is 11.4. The number of hydrogen-bond acceptors (Lipinski definition) is 3. The van der Waals surface area contributed by atoms with Crippen LogP contribution in [-0.4, -0.2) is 22.3 Å². The molecule has 0 fully saturated rings. The van der Waals surface area contributed by atoms with E-state index in [1.54, 1.807) is 12.1 Å². The molecule has 108 valence electrons. The highest BCUT2D eigenvalue weighted by Crippen LogP contribution is 2.21. The van der Waals surface area contributed by atoms with Crippen molar-refractivity contribution in [1.29, 1.82) is 0 Å². The molecule has 0 aliphatic heterocycles. The van der Waals surface area contributed by atoms with Gasteiger partial charge in [-0.25, -0.2) is 9.82 Å². The van der Waals surface area contributed by atoms with E-state index in [9.17, 15) is 9.18 Å². The molecule has 1 amide bonds. The molecule has 0 radical (unpaired) electrons. The topological polar surface area (TPSA) is 70.1 Å². The minimum Gasteiger partial charge on any atom is -0.281 e. The van der Waals surface area contributed by atoms with Crippen LogP contribution in [0.3, 0.4) is 0 Å². The van der Waals surface area contributed by atoms with Gasteiger partial charge in [-0.2, -0.15) is 10.2 Å². The molecule has 0 bridgehead atoms. The number of carbonyl (C=O) groups excluding carboxylic acids is 1. The fourth-order valence-corrected chi connectivity index (χ4v) is 2.44. The van der Waals surface area contributed by atoms with E-state index in [-0.39, 0.29) is 11.7 Å². The largest absolute Gasteiger partial charge is 0.292 e. The number of carbonyl (C=O) groups is 1. The van der Waals surface area contributed by atoms with Crippen molar-refractivity contribution in [2.24, 2.45) is 5.10 Å². The Balaban J connectivity index is 1.66. The van der Waals surface area contributed by atoms with Crippen molar-refractivity contribution in [2.75, 3.05) is 0 Å². The van der Waals surface area contributed by atoms with Crippen molar-refractivity contribution >= 4 is 12.1 Å². The van der Waals surface area contributed by atoms with E-state index in [0.29, 0.717) is 11.3 Å². The summed E-state index contributed by atoms with van der Waals surface area (Å²) in [6.07, 6.45) is 5.48. The lowest BCUT2D eigenvalue weighted by Crippen LogP contribution is -2.20. The van der Waals surface area contributed by atoms with Gasteiger partial charge in [0.1, 0.15) is 5.82 Å². The molecule has 6 heteroatoms. The van der Waals surface area contributed by atoms with Crippen molar-refractivity contribution in [3.05, 3.63) is 52.6 Å². The predicted octanol–water partition coefficient (Wildman–Crippen LogP) is 2.19. The number of nitrogens with one attached hydrogen (secondary N) is 2. The van der Waals surface area contributed by atoms with Gasteiger partial charge in [-0.1, -0.05) is 12.1 Å². The molecule has 1 aromatic heterocycles. The Morgan fingerprint density at radius 3 is 2.86 bits per heavy atom. The third-order valence-corrected chi connectivity index (χ3v) is 3.52. The van der Waals surface area contributed by atoms with E-state index >= 15 is 0 Å². The summed E-state index contributed by atoms with van der Waals surface area (Å²) < 4.78 is 12.8. The number of halogens is 1. The first-order chi connectivity index (χ1) is 10.2. The molecule has 5 nitrogen and oxygen atoms in total. The number of nitrogens with zero attached hydrogens (tertiary/aromatic N) is 2. The number of hydrogen-bond donors (Lipinski definition) is 2. The van der Waals surface area contributed by atoms with Crippen molar-refractivity contribution < 1.29 is 9.18 Å². The van der Waals surface area contributed by atoms with Gasteiger partial charge in [0, 0.05) is 11.3 Å². The summed E-state index contributed by atoms with van der Waals surface area (Å²) in [6.45, 7) is 0. The van der Waals surface area contributed by atoms with Gasteiger partial charge in [0.15, 0.2) is 5.69 Å². The number of hydrazone groups is 1. The average molecular weight is 286 g/mol. The number of amides is 1. The second kappa shape index (κ2) is 5.87. The molecule has 0 spiro atoms. The maximum absolute atomic E-state index is 12.8. The summed E-state index contributed by atoms with van der Waals surface area (Å²) in [4.78, 5) is 12.1. The molecule has 21 heavy (non-hydrogen) atoms. The molecule has 0 unspecified atom stereocenters. The molecule has 1 aliphatic rings. The average Bonchev–Trinajstić information content (AvgIpc) is 2.93. The molecule has 2 aromatic rings. The summed E-state index contributed by atoms with van der Waals surface area (Å²) in [5.41, 5.74) is 5.63. The Kier molecular flexibility index (Phi) is 3.77. The molecular weight excluding hydrogens is 271 g/mol. The van der Waals surface area contributed by atoms with Gasteiger partial charge in [-0.05, 0) is 43.4 Å². The zero-order chi connectivity index (χ0) is 14.7. The number of fused-ring (bicyclic) bond motifs is 1. The monoisotopic (exact) mass is 286 g/mol. The summed E-state index contributed by atoms with van der Waals surface area (Å²) in [5.74, 6) is -0.632. The van der Waals surface area contributed by atoms with Crippen LogP contribution in [0.15, 0.2) is 29.4 Å². The number of aromatic amines is 1. The lowest BCUT2D eigenvalue weighted by Gasteiger charge is -2.10. The van der Waals surface area contributed by atoms with E-state index in [0.717, 1.165) is 36.9 Å². The zero-order valence-electron chi connectivity index (χ0n) is 11.4. The SMILES string of the molecule is O=C(N/N=C\c1ccc(F)cc1)c1n[nH]c2c1CCCC2. The van der Waals surface area contributed by atoms with Crippen LogP contribution in [0.2, 0.25) is 0 Å². The Morgan fingerprint density at radius 2 is 2.05 bits per heavy atom. The minimum absolute atomic E-state index is 0.306. The van der Waals surface area contributed by atoms with Crippen LogP contribution >= 0.6 is 0 Å². The summed E-state index contributed by atoms with van der Waals surface area (Å²) in [7, 11) is 0. The molecule has 1 heterocycles. The Morgan fingerprint density at radius 1 is 1.29 bits per heavy atom. The molecule has 2 N–H and O–H groups in total. The van der Waals surface area contributed by atoms with Crippen LogP contribution in [0.1, 0.15) is 40.2 Å². The number of benzene rings is 1. The first kappa shape index (κ1) is 13.5. The number of aromatic nitrogens is 2. The molecule has 0 saturated carbocycles. The van der Waals surface area contributed by atoms with Gasteiger partial charge in [0.2, 0.25) is 0 Å². The van der Waals surface area contributed by atoms with Crippen molar-refractivity contribution in [3.63, 3.8) is 0 Å². The lowest BCUT2D eigenvalue weighted by molar-refractivity contribution is 0.0949. The molecule has 1 aromatic carbocycles. The van der Waals surface area contributed by atoms with Gasteiger partial charge in [-0.3, -0.25) is 9.89 Å². The first-order valence-electron chi connectivity index (χ1n) is 6.89. The maximum atomic E-state index is 12.8. The Bertz CT molecular complexity index is 675. The standard InChI is InChI=1S/C15H15FN4O/c16-11-7-5-10(6-8-11)9-17-20-15(21)14-12-3-1-2-4-13(12)18-19-14/h5-9H,1-4H2,(H,18,19)(H,20,21)/b17-9-. The van der Waals surface area contributed by atoms with Crippen LogP contribution in [-0.2, 0) is 12.8 Å². The Hall–Kier alpha value is -2.50. The van der Waals surface area contributed by atoms with Gasteiger partial charge in [-0.15, -0.1) is 0 Å². The van der Waals surface area contributed by atoms with Gasteiger partial charge in [0.05, 0.1) is 6.21 Å². The third kappa shape index (κ3) is 2.99. The van der Waals surface area contributed by atoms with Crippen LogP contribution < -0.4 is 5.43 Å². The van der Waals surface area contributed by atoms with Crippen LogP contribution in [0.25, 0.3) is 0 Å². The van der Waals surface area contributed by atoms with E-state index in [2.05, 4.69) is 20.7 Å². The second-order valence-electron chi connectivity index (χ2n) is 4.99. The predicted molar refractivity (Wildman–Crippen MR) is 76.7 cm³/mol. The van der Waals surface area contributed by atoms with E-state index in [1.807, 2.05) is 0 Å². The molecule has 1 aliphatic carbocycles. The highest BCUT2D eigenvalue weighted by molar-refractivity contribution is 5.94. The van der Waals surface area contributed by atoms with E-state index in [1.165, 1.54) is 18.3 Å². The van der Waals surface area contributed by atoms with Gasteiger partial charge < -0.3 is 0 Å². The van der Waals surface area contributed by atoms with Crippen molar-refractivity contribution in [3.8, 4) is 0 Å². The second-order valence-corrected chi connectivity index (χ2v) is 4.99. The molecule has 0 saturated heterocycles.